The van der Waals surface area contributed by atoms with Crippen LogP contribution in [0.3, 0.4) is 0 Å². The average Bonchev–Trinajstić information content (AvgIpc) is 3.30. The Labute approximate surface area is 231 Å². The van der Waals surface area contributed by atoms with E-state index in [1.807, 2.05) is 12.2 Å². The van der Waals surface area contributed by atoms with Gasteiger partial charge in [-0.25, -0.2) is 4.79 Å². The van der Waals surface area contributed by atoms with E-state index in [1.54, 1.807) is 6.07 Å². The maximum Gasteiger partial charge on any atom is 0.346 e. The zero-order valence-electron chi connectivity index (χ0n) is 21.5. The highest BCUT2D eigenvalue weighted by Gasteiger charge is 2.23. The lowest BCUT2D eigenvalue weighted by Gasteiger charge is -2.25. The van der Waals surface area contributed by atoms with E-state index >= 15 is 0 Å². The summed E-state index contributed by atoms with van der Waals surface area (Å²) in [5, 5.41) is 18.4. The standard InChI is InChI=1S/C32H26N2O4S/c1-21-3-10-25(11-4-21)34(26-12-5-22(2)6-13-26)27-14-7-23(8-15-27)9-16-28-30-31(38-18-17-37-30)29(39-28)19-24(20-33)32(35)36/h3-16,19H,17-18H2,1-2H3,(H,35,36)/b16-9+,24-19+. The number of carboxylic acid groups (broad SMARTS) is 1. The topological polar surface area (TPSA) is 82.8 Å². The van der Waals surface area contributed by atoms with Crippen LogP contribution in [0.25, 0.3) is 18.2 Å². The van der Waals surface area contributed by atoms with Gasteiger partial charge in [-0.3, -0.25) is 0 Å². The first-order chi connectivity index (χ1) is 18.9. The van der Waals surface area contributed by atoms with Crippen molar-refractivity contribution in [2.75, 3.05) is 18.1 Å². The highest BCUT2D eigenvalue weighted by Crippen LogP contribution is 2.46. The maximum atomic E-state index is 11.3. The normalized spacial score (nSPS) is 12.8. The minimum Gasteiger partial charge on any atom is -0.485 e. The molecular formula is C32H26N2O4S. The summed E-state index contributed by atoms with van der Waals surface area (Å²) in [4.78, 5) is 14.9. The summed E-state index contributed by atoms with van der Waals surface area (Å²) >= 11 is 1.32. The highest BCUT2D eigenvalue weighted by atomic mass is 32.1. The minimum absolute atomic E-state index is 0.356. The molecule has 4 aromatic rings. The van der Waals surface area contributed by atoms with Crippen LogP contribution in [0.15, 0.2) is 78.4 Å². The zero-order chi connectivity index (χ0) is 27.4. The van der Waals surface area contributed by atoms with Crippen LogP contribution in [0.2, 0.25) is 0 Å². The van der Waals surface area contributed by atoms with Crippen molar-refractivity contribution in [1.29, 1.82) is 5.26 Å². The van der Waals surface area contributed by atoms with Gasteiger partial charge in [0.05, 0.1) is 9.75 Å². The molecule has 1 N–H and O–H groups in total. The van der Waals surface area contributed by atoms with E-state index < -0.39 is 5.97 Å². The molecule has 7 heteroatoms. The van der Waals surface area contributed by atoms with Crippen molar-refractivity contribution in [3.63, 3.8) is 0 Å². The Morgan fingerprint density at radius 3 is 1.79 bits per heavy atom. The van der Waals surface area contributed by atoms with E-state index in [0.29, 0.717) is 29.6 Å². The van der Waals surface area contributed by atoms with Gasteiger partial charge in [0.15, 0.2) is 11.5 Å². The molecule has 0 aliphatic carbocycles. The molecule has 3 aromatic carbocycles. The Balaban J connectivity index is 1.45. The predicted octanol–water partition coefficient (Wildman–Crippen LogP) is 7.77. The molecule has 5 rings (SSSR count). The third-order valence-corrected chi connectivity index (χ3v) is 7.30. The Kier molecular flexibility index (Phi) is 7.48. The summed E-state index contributed by atoms with van der Waals surface area (Å²) in [6.07, 6.45) is 5.23. The van der Waals surface area contributed by atoms with Crippen LogP contribution in [-0.2, 0) is 4.79 Å². The van der Waals surface area contributed by atoms with E-state index in [0.717, 1.165) is 27.5 Å². The van der Waals surface area contributed by atoms with Crippen molar-refractivity contribution >= 4 is 52.6 Å². The molecule has 1 aromatic heterocycles. The number of hydrogen-bond donors (Lipinski definition) is 1. The van der Waals surface area contributed by atoms with Crippen molar-refractivity contribution in [3.05, 3.63) is 105 Å². The number of hydrogen-bond acceptors (Lipinski definition) is 6. The van der Waals surface area contributed by atoms with Gasteiger partial charge in [0.1, 0.15) is 24.9 Å². The number of fused-ring (bicyclic) bond motifs is 1. The summed E-state index contributed by atoms with van der Waals surface area (Å²) in [5.41, 5.74) is 6.24. The van der Waals surface area contributed by atoms with Gasteiger partial charge in [-0.05, 0) is 68.0 Å². The van der Waals surface area contributed by atoms with E-state index in [2.05, 4.69) is 91.5 Å². The first-order valence-electron chi connectivity index (χ1n) is 12.4. The monoisotopic (exact) mass is 534 g/mol. The number of thiophene rings is 1. The molecule has 0 saturated carbocycles. The fourth-order valence-electron chi connectivity index (χ4n) is 4.21. The molecule has 0 unspecified atom stereocenters. The Hall–Kier alpha value is -4.80. The van der Waals surface area contributed by atoms with Crippen molar-refractivity contribution in [1.82, 2.24) is 0 Å². The van der Waals surface area contributed by atoms with Gasteiger partial charge in [0.2, 0.25) is 0 Å². The number of aryl methyl sites for hydroxylation is 2. The van der Waals surface area contributed by atoms with Gasteiger partial charge in [-0.15, -0.1) is 11.3 Å². The molecule has 6 nitrogen and oxygen atoms in total. The lowest BCUT2D eigenvalue weighted by atomic mass is 10.1. The number of nitriles is 1. The van der Waals surface area contributed by atoms with Crippen LogP contribution in [-0.4, -0.2) is 24.3 Å². The number of benzene rings is 3. The molecular weight excluding hydrogens is 508 g/mol. The van der Waals surface area contributed by atoms with Gasteiger partial charge >= 0.3 is 5.97 Å². The van der Waals surface area contributed by atoms with E-state index in [-0.39, 0.29) is 5.57 Å². The van der Waals surface area contributed by atoms with E-state index in [4.69, 9.17) is 14.7 Å². The Morgan fingerprint density at radius 2 is 1.31 bits per heavy atom. The second-order valence-electron chi connectivity index (χ2n) is 9.09. The first kappa shape index (κ1) is 25.8. The third kappa shape index (κ3) is 5.71. The largest absolute Gasteiger partial charge is 0.485 e. The molecule has 0 radical (unpaired) electrons. The summed E-state index contributed by atoms with van der Waals surface area (Å²) in [7, 11) is 0. The van der Waals surface area contributed by atoms with Gasteiger partial charge < -0.3 is 19.5 Å². The van der Waals surface area contributed by atoms with Gasteiger partial charge in [0.25, 0.3) is 0 Å². The van der Waals surface area contributed by atoms with Crippen LogP contribution in [0.4, 0.5) is 17.1 Å². The molecule has 0 bridgehead atoms. The smallest absolute Gasteiger partial charge is 0.346 e. The quantitative estimate of drug-likeness (QED) is 0.193. The first-order valence-corrected chi connectivity index (χ1v) is 13.2. The van der Waals surface area contributed by atoms with Crippen LogP contribution in [0, 0.1) is 25.2 Å². The number of carboxylic acids is 1. The van der Waals surface area contributed by atoms with E-state index in [9.17, 15) is 9.90 Å². The molecule has 2 heterocycles. The van der Waals surface area contributed by atoms with Gasteiger partial charge in [0, 0.05) is 17.1 Å². The van der Waals surface area contributed by atoms with Gasteiger partial charge in [-0.2, -0.15) is 5.26 Å². The van der Waals surface area contributed by atoms with Crippen LogP contribution in [0.5, 0.6) is 11.5 Å². The predicted molar refractivity (Wildman–Crippen MR) is 156 cm³/mol. The lowest BCUT2D eigenvalue weighted by molar-refractivity contribution is -0.132. The lowest BCUT2D eigenvalue weighted by Crippen LogP contribution is -2.15. The van der Waals surface area contributed by atoms with Crippen molar-refractivity contribution in [2.45, 2.75) is 13.8 Å². The SMILES string of the molecule is Cc1ccc(N(c2ccc(C)cc2)c2ccc(/C=C/c3sc(/C=C(\C#N)C(=O)O)c4c3OCCO4)cc2)cc1. The fourth-order valence-corrected chi connectivity index (χ4v) is 5.25. The number of aliphatic carboxylic acids is 1. The molecule has 0 amide bonds. The molecule has 39 heavy (non-hydrogen) atoms. The number of nitrogens with zero attached hydrogens (tertiary/aromatic N) is 2. The molecule has 1 aliphatic heterocycles. The summed E-state index contributed by atoms with van der Waals surface area (Å²) < 4.78 is 11.6. The van der Waals surface area contributed by atoms with E-state index in [1.165, 1.54) is 28.5 Å². The second-order valence-corrected chi connectivity index (χ2v) is 10.2. The minimum atomic E-state index is -1.28. The number of ether oxygens (including phenoxy) is 2. The summed E-state index contributed by atoms with van der Waals surface area (Å²) in [5.74, 6) is -0.237. The third-order valence-electron chi connectivity index (χ3n) is 6.24. The molecule has 0 fully saturated rings. The molecule has 0 saturated heterocycles. The average molecular weight is 535 g/mol. The molecule has 1 aliphatic rings. The zero-order valence-corrected chi connectivity index (χ0v) is 22.4. The summed E-state index contributed by atoms with van der Waals surface area (Å²) in [6, 6.07) is 26.9. The number of rotatable bonds is 7. The number of anilines is 3. The Morgan fingerprint density at radius 1 is 0.821 bits per heavy atom. The molecule has 0 spiro atoms. The van der Waals surface area contributed by atoms with Crippen LogP contribution >= 0.6 is 11.3 Å². The van der Waals surface area contributed by atoms with Crippen molar-refractivity contribution in [2.24, 2.45) is 0 Å². The molecule has 194 valence electrons. The Bertz CT molecular complexity index is 1550. The summed E-state index contributed by atoms with van der Waals surface area (Å²) in [6.45, 7) is 4.93. The number of carbonyl (C=O) groups is 1. The van der Waals surface area contributed by atoms with Crippen LogP contribution in [0.1, 0.15) is 26.4 Å². The fraction of sp³-hybridized carbons (Fsp3) is 0.125. The van der Waals surface area contributed by atoms with Gasteiger partial charge in [-0.1, -0.05) is 53.6 Å². The van der Waals surface area contributed by atoms with Crippen LogP contribution < -0.4 is 14.4 Å². The maximum absolute atomic E-state index is 11.3. The second kappa shape index (κ2) is 11.3. The van der Waals surface area contributed by atoms with Crippen molar-refractivity contribution in [3.8, 4) is 17.6 Å². The molecule has 0 atom stereocenters. The highest BCUT2D eigenvalue weighted by molar-refractivity contribution is 7.14. The van der Waals surface area contributed by atoms with Crippen molar-refractivity contribution < 1.29 is 19.4 Å².